The normalized spacial score (nSPS) is 17.1. The van der Waals surface area contributed by atoms with Gasteiger partial charge in [0.15, 0.2) is 5.69 Å². The second kappa shape index (κ2) is 6.59. The van der Waals surface area contributed by atoms with Gasteiger partial charge in [0.25, 0.3) is 5.91 Å². The summed E-state index contributed by atoms with van der Waals surface area (Å²) in [5.74, 6) is -0.398. The van der Waals surface area contributed by atoms with E-state index in [0.29, 0.717) is 31.7 Å². The average molecular weight is 356 g/mol. The fourth-order valence-electron chi connectivity index (χ4n) is 3.37. The number of benzene rings is 1. The fraction of sp³-hybridized carbons (Fsp3) is 0.450. The van der Waals surface area contributed by atoms with Crippen LogP contribution in [0.2, 0.25) is 0 Å². The Morgan fingerprint density at radius 1 is 1.15 bits per heavy atom. The van der Waals surface area contributed by atoms with Gasteiger partial charge in [-0.2, -0.15) is 0 Å². The Balaban J connectivity index is 1.76. The quantitative estimate of drug-likeness (QED) is 0.913. The zero-order valence-corrected chi connectivity index (χ0v) is 15.4. The molecule has 2 heterocycles. The van der Waals surface area contributed by atoms with Crippen LogP contribution in [-0.2, 0) is 15.6 Å². The van der Waals surface area contributed by atoms with Gasteiger partial charge in [0.2, 0.25) is 0 Å². The highest BCUT2D eigenvalue weighted by Gasteiger charge is 2.44. The van der Waals surface area contributed by atoms with Crippen LogP contribution in [0.15, 0.2) is 40.9 Å². The number of amides is 1. The number of piperidine rings is 1. The van der Waals surface area contributed by atoms with E-state index in [4.69, 9.17) is 4.52 Å². The van der Waals surface area contributed by atoms with E-state index in [2.05, 4.69) is 5.16 Å². The maximum atomic E-state index is 12.7. The molecule has 0 atom stereocenters. The Morgan fingerprint density at radius 3 is 2.27 bits per heavy atom. The van der Waals surface area contributed by atoms with E-state index in [0.717, 1.165) is 5.56 Å². The number of nitrogens with zero attached hydrogens (tertiary/aromatic N) is 2. The van der Waals surface area contributed by atoms with Crippen molar-refractivity contribution >= 4 is 11.9 Å². The van der Waals surface area contributed by atoms with Gasteiger partial charge in [0, 0.05) is 24.6 Å². The van der Waals surface area contributed by atoms with Crippen molar-refractivity contribution in [2.75, 3.05) is 13.1 Å². The van der Waals surface area contributed by atoms with Crippen molar-refractivity contribution in [2.24, 2.45) is 0 Å². The van der Waals surface area contributed by atoms with Gasteiger partial charge in [-0.1, -0.05) is 56.3 Å². The molecule has 0 saturated carbocycles. The molecular formula is C20H24N2O4. The van der Waals surface area contributed by atoms with Gasteiger partial charge in [0.1, 0.15) is 5.76 Å². The molecule has 6 nitrogen and oxygen atoms in total. The lowest BCUT2D eigenvalue weighted by atomic mass is 9.73. The van der Waals surface area contributed by atoms with E-state index in [1.807, 2.05) is 51.1 Å². The molecule has 0 radical (unpaired) electrons. The first-order valence-electron chi connectivity index (χ1n) is 8.79. The van der Waals surface area contributed by atoms with Crippen LogP contribution < -0.4 is 0 Å². The van der Waals surface area contributed by atoms with Crippen LogP contribution in [0.5, 0.6) is 0 Å². The zero-order valence-electron chi connectivity index (χ0n) is 15.4. The summed E-state index contributed by atoms with van der Waals surface area (Å²) in [6.45, 7) is 6.71. The molecule has 1 aromatic heterocycles. The molecule has 0 aliphatic carbocycles. The second-order valence-electron chi connectivity index (χ2n) is 7.87. The van der Waals surface area contributed by atoms with Crippen LogP contribution in [0.1, 0.15) is 55.4 Å². The van der Waals surface area contributed by atoms with Gasteiger partial charge >= 0.3 is 5.97 Å². The first-order valence-corrected chi connectivity index (χ1v) is 8.79. The van der Waals surface area contributed by atoms with Gasteiger partial charge in [-0.25, -0.2) is 0 Å². The van der Waals surface area contributed by atoms with Crippen LogP contribution in [0.3, 0.4) is 0 Å². The first kappa shape index (κ1) is 18.2. The number of carbonyl (C=O) groups is 2. The van der Waals surface area contributed by atoms with Gasteiger partial charge in [0.05, 0.1) is 5.41 Å². The Labute approximate surface area is 152 Å². The summed E-state index contributed by atoms with van der Waals surface area (Å²) in [7, 11) is 0. The predicted molar refractivity (Wildman–Crippen MR) is 96.1 cm³/mol. The number of carboxylic acids is 1. The molecule has 26 heavy (non-hydrogen) atoms. The number of likely N-dealkylation sites (tertiary alicyclic amines) is 1. The third-order valence-electron chi connectivity index (χ3n) is 5.11. The summed E-state index contributed by atoms with van der Waals surface area (Å²) in [5.41, 5.74) is -0.106. The maximum absolute atomic E-state index is 12.7. The number of aromatic nitrogens is 1. The van der Waals surface area contributed by atoms with Gasteiger partial charge < -0.3 is 14.5 Å². The maximum Gasteiger partial charge on any atom is 0.314 e. The lowest BCUT2D eigenvalue weighted by Crippen LogP contribution is -2.49. The second-order valence-corrected chi connectivity index (χ2v) is 7.87. The van der Waals surface area contributed by atoms with Crippen molar-refractivity contribution in [2.45, 2.75) is 44.4 Å². The largest absolute Gasteiger partial charge is 0.481 e. The predicted octanol–water partition coefficient (Wildman–Crippen LogP) is 3.23. The number of aliphatic carboxylic acids is 1. The SMILES string of the molecule is CC(C)(C)c1cc(C(=O)N2CCC(C(=O)O)(c3ccccc3)CC2)no1. The molecule has 0 bridgehead atoms. The molecule has 1 aliphatic rings. The third kappa shape index (κ3) is 3.23. The number of carboxylic acid groups (broad SMARTS) is 1. The minimum absolute atomic E-state index is 0.212. The van der Waals surface area contributed by atoms with E-state index < -0.39 is 11.4 Å². The van der Waals surface area contributed by atoms with Crippen molar-refractivity contribution in [1.82, 2.24) is 10.1 Å². The minimum Gasteiger partial charge on any atom is -0.481 e. The molecule has 1 amide bonds. The topological polar surface area (TPSA) is 83.6 Å². The molecule has 1 N–H and O–H groups in total. The lowest BCUT2D eigenvalue weighted by Gasteiger charge is -2.39. The average Bonchev–Trinajstić information content (AvgIpc) is 3.12. The highest BCUT2D eigenvalue weighted by molar-refractivity contribution is 5.92. The zero-order chi connectivity index (χ0) is 18.9. The summed E-state index contributed by atoms with van der Waals surface area (Å²) in [6, 6.07) is 10.9. The van der Waals surface area contributed by atoms with E-state index >= 15 is 0 Å². The molecule has 3 rings (SSSR count). The smallest absolute Gasteiger partial charge is 0.314 e. The molecule has 138 valence electrons. The molecule has 1 fully saturated rings. The Hall–Kier alpha value is -2.63. The number of hydrogen-bond donors (Lipinski definition) is 1. The number of hydrogen-bond acceptors (Lipinski definition) is 4. The Bertz CT molecular complexity index is 797. The van der Waals surface area contributed by atoms with E-state index in [9.17, 15) is 14.7 Å². The highest BCUT2D eigenvalue weighted by atomic mass is 16.5. The monoisotopic (exact) mass is 356 g/mol. The Morgan fingerprint density at radius 2 is 1.77 bits per heavy atom. The van der Waals surface area contributed by atoms with Crippen molar-refractivity contribution in [3.05, 3.63) is 53.4 Å². The fourth-order valence-corrected chi connectivity index (χ4v) is 3.37. The molecule has 0 unspecified atom stereocenters. The molecule has 1 saturated heterocycles. The van der Waals surface area contributed by atoms with Gasteiger partial charge in [-0.3, -0.25) is 9.59 Å². The molecular weight excluding hydrogens is 332 g/mol. The molecule has 1 aromatic carbocycles. The molecule has 6 heteroatoms. The number of rotatable bonds is 3. The third-order valence-corrected chi connectivity index (χ3v) is 5.11. The Kier molecular flexibility index (Phi) is 4.61. The molecule has 1 aliphatic heterocycles. The summed E-state index contributed by atoms with van der Waals surface area (Å²) in [4.78, 5) is 26.4. The summed E-state index contributed by atoms with van der Waals surface area (Å²) >= 11 is 0. The lowest BCUT2D eigenvalue weighted by molar-refractivity contribution is -0.145. The minimum atomic E-state index is -0.946. The van der Waals surface area contributed by atoms with Crippen LogP contribution >= 0.6 is 0 Å². The van der Waals surface area contributed by atoms with E-state index in [1.165, 1.54) is 0 Å². The van der Waals surface area contributed by atoms with Crippen LogP contribution in [0, 0.1) is 0 Å². The van der Waals surface area contributed by atoms with Crippen molar-refractivity contribution in [1.29, 1.82) is 0 Å². The molecule has 0 spiro atoms. The van der Waals surface area contributed by atoms with Crippen molar-refractivity contribution < 1.29 is 19.2 Å². The van der Waals surface area contributed by atoms with Crippen LogP contribution in [0.4, 0.5) is 0 Å². The van der Waals surface area contributed by atoms with Crippen molar-refractivity contribution in [3.63, 3.8) is 0 Å². The number of carbonyl (C=O) groups excluding carboxylic acids is 1. The van der Waals surface area contributed by atoms with E-state index in [-0.39, 0.29) is 17.0 Å². The highest BCUT2D eigenvalue weighted by Crippen LogP contribution is 2.36. The summed E-state index contributed by atoms with van der Waals surface area (Å²) < 4.78 is 5.30. The van der Waals surface area contributed by atoms with Gasteiger partial charge in [-0.15, -0.1) is 0 Å². The van der Waals surface area contributed by atoms with Crippen LogP contribution in [-0.4, -0.2) is 40.1 Å². The van der Waals surface area contributed by atoms with Gasteiger partial charge in [-0.05, 0) is 18.4 Å². The summed E-state index contributed by atoms with van der Waals surface area (Å²) in [5, 5.41) is 13.8. The van der Waals surface area contributed by atoms with E-state index in [1.54, 1.807) is 11.0 Å². The first-order chi connectivity index (χ1) is 12.2. The van der Waals surface area contributed by atoms with Crippen molar-refractivity contribution in [3.8, 4) is 0 Å². The molecule has 2 aromatic rings. The van der Waals surface area contributed by atoms with Crippen LogP contribution in [0.25, 0.3) is 0 Å². The standard InChI is InChI=1S/C20H24N2O4/c1-19(2,3)16-13-15(21-26-16)17(23)22-11-9-20(10-12-22,18(24)25)14-7-5-4-6-8-14/h4-8,13H,9-12H2,1-3H3,(H,24,25). The summed E-state index contributed by atoms with van der Waals surface area (Å²) in [6.07, 6.45) is 0.754.